The molecule has 1 heterocycles. The van der Waals surface area contributed by atoms with Crippen molar-refractivity contribution in [2.75, 3.05) is 47.5 Å². The maximum Gasteiger partial charge on any atom is 0.472 e. The maximum atomic E-state index is 12.8. The van der Waals surface area contributed by atoms with Crippen molar-refractivity contribution in [1.82, 2.24) is 0 Å². The average Bonchev–Trinajstić information content (AvgIpc) is 3.49. The number of allylic oxidation sites excluding steroid dienone is 8. The number of unbranched alkanes of at least 4 members (excludes halogenated alkanes) is 7. The van der Waals surface area contributed by atoms with E-state index in [4.69, 9.17) is 22.9 Å². The van der Waals surface area contributed by atoms with Gasteiger partial charge in [-0.15, -0.1) is 0 Å². The smallest absolute Gasteiger partial charge is 0.466 e. The summed E-state index contributed by atoms with van der Waals surface area (Å²) in [5.74, 6) is 1.27. The number of carbonyl (C=O) groups excluding carboxylic acids is 2. The topological polar surface area (TPSA) is 162 Å². The van der Waals surface area contributed by atoms with Crippen LogP contribution in [0, 0.1) is 13.8 Å². The number of aryl methyl sites for hydroxylation is 2. The number of aliphatic hydroxyl groups is 2. The van der Waals surface area contributed by atoms with Crippen molar-refractivity contribution in [3.05, 3.63) is 95.6 Å². The van der Waals surface area contributed by atoms with Crippen molar-refractivity contribution >= 4 is 19.8 Å². The Kier molecular flexibility index (Phi) is 32.0. The second-order valence-electron chi connectivity index (χ2n) is 17.0. The third-order valence-electron chi connectivity index (χ3n) is 10.1. The van der Waals surface area contributed by atoms with Gasteiger partial charge in [0.05, 0.1) is 40.0 Å². The van der Waals surface area contributed by atoms with Gasteiger partial charge in [0.25, 0.3) is 0 Å². The molecule has 0 saturated heterocycles. The SMILES string of the molecule is CC/C=C\C[C@@H](O)/C=C/C=C\C=C\[C@@H](O)C/C=C\C/C=C\CCC(=O)OC[C@H](COP(=O)(O)OCC[N+](C)(C)C)OC(=O)CCCCCCCCCCc1oc(CCC)c(C)c1C. The van der Waals surface area contributed by atoms with Crippen LogP contribution in [0.2, 0.25) is 0 Å². The zero-order valence-electron chi connectivity index (χ0n) is 39.7. The lowest BCUT2D eigenvalue weighted by Gasteiger charge is -2.24. The molecule has 4 atom stereocenters. The molecule has 0 radical (unpaired) electrons. The predicted octanol–water partition coefficient (Wildman–Crippen LogP) is 10.6. The molecule has 0 saturated carbocycles. The summed E-state index contributed by atoms with van der Waals surface area (Å²) in [7, 11) is 1.34. The summed E-state index contributed by atoms with van der Waals surface area (Å²) in [6.45, 7) is 8.21. The zero-order valence-corrected chi connectivity index (χ0v) is 40.6. The number of nitrogens with zero attached hydrogens (tertiary/aromatic N) is 1. The van der Waals surface area contributed by atoms with E-state index in [0.717, 1.165) is 75.7 Å². The Morgan fingerprint density at radius 2 is 1.27 bits per heavy atom. The molecule has 0 aliphatic carbocycles. The average molecular weight is 905 g/mol. The number of hydrogen-bond donors (Lipinski definition) is 3. The number of esters is 2. The van der Waals surface area contributed by atoms with Gasteiger partial charge in [-0.1, -0.05) is 125 Å². The molecule has 0 aliphatic heterocycles. The van der Waals surface area contributed by atoms with Crippen molar-refractivity contribution in [3.8, 4) is 0 Å². The minimum absolute atomic E-state index is 0.00870. The second kappa shape index (κ2) is 35.0. The molecule has 1 rings (SSSR count). The third kappa shape index (κ3) is 32.0. The number of quaternary nitrogens is 1. The number of likely N-dealkylation sites (N-methyl/N-ethyl adjacent to an activating group) is 1. The van der Waals surface area contributed by atoms with E-state index in [-0.39, 0.29) is 26.1 Å². The van der Waals surface area contributed by atoms with E-state index in [1.165, 1.54) is 17.5 Å². The number of carbonyl (C=O) groups is 2. The predicted molar refractivity (Wildman–Crippen MR) is 253 cm³/mol. The Hall–Kier alpha value is -3.35. The second-order valence-corrected chi connectivity index (χ2v) is 18.5. The first-order valence-electron chi connectivity index (χ1n) is 23.2. The highest BCUT2D eigenvalue weighted by atomic mass is 31.2. The molecule has 0 fully saturated rings. The molecule has 1 aromatic rings. The fraction of sp³-hybridized carbons (Fsp3) is 0.640. The molecule has 1 unspecified atom stereocenters. The van der Waals surface area contributed by atoms with Crippen molar-refractivity contribution in [2.45, 2.75) is 162 Å². The van der Waals surface area contributed by atoms with Gasteiger partial charge in [0.2, 0.25) is 0 Å². The van der Waals surface area contributed by atoms with Crippen molar-refractivity contribution in [3.63, 3.8) is 0 Å². The van der Waals surface area contributed by atoms with Crippen molar-refractivity contribution in [2.24, 2.45) is 0 Å². The minimum Gasteiger partial charge on any atom is -0.466 e. The van der Waals surface area contributed by atoms with Gasteiger partial charge >= 0.3 is 19.8 Å². The van der Waals surface area contributed by atoms with E-state index >= 15 is 0 Å². The molecule has 1 aromatic heterocycles. The Morgan fingerprint density at radius 3 is 1.87 bits per heavy atom. The lowest BCUT2D eigenvalue weighted by atomic mass is 10.0. The highest BCUT2D eigenvalue weighted by molar-refractivity contribution is 7.47. The fourth-order valence-corrected chi connectivity index (χ4v) is 6.94. The first-order chi connectivity index (χ1) is 30.1. The van der Waals surface area contributed by atoms with E-state index in [2.05, 4.69) is 20.8 Å². The number of ether oxygens (including phenoxy) is 2. The number of aliphatic hydroxyl groups excluding tert-OH is 2. The van der Waals surface area contributed by atoms with Gasteiger partial charge in [-0.3, -0.25) is 18.6 Å². The summed E-state index contributed by atoms with van der Waals surface area (Å²) in [6, 6.07) is 0. The van der Waals surface area contributed by atoms with Gasteiger partial charge in [-0.05, 0) is 76.3 Å². The Balaban J connectivity index is 2.43. The molecule has 0 aliphatic rings. The van der Waals surface area contributed by atoms with Crippen LogP contribution in [0.4, 0.5) is 0 Å². The van der Waals surface area contributed by atoms with Crippen LogP contribution in [0.15, 0.2) is 77.3 Å². The summed E-state index contributed by atoms with van der Waals surface area (Å²) in [5, 5.41) is 20.0. The van der Waals surface area contributed by atoms with Gasteiger partial charge in [-0.25, -0.2) is 4.57 Å². The maximum absolute atomic E-state index is 12.8. The summed E-state index contributed by atoms with van der Waals surface area (Å²) < 4.78 is 40.4. The number of phosphoric acid groups is 1. The van der Waals surface area contributed by atoms with E-state index in [1.807, 2.05) is 64.5 Å². The minimum atomic E-state index is -4.44. The third-order valence-corrected chi connectivity index (χ3v) is 11.1. The van der Waals surface area contributed by atoms with Gasteiger partial charge in [-0.2, -0.15) is 0 Å². The number of furan rings is 1. The molecular weight excluding hydrogens is 822 g/mol. The van der Waals surface area contributed by atoms with Gasteiger partial charge in [0.1, 0.15) is 31.3 Å². The van der Waals surface area contributed by atoms with E-state index in [0.29, 0.717) is 43.1 Å². The molecule has 63 heavy (non-hydrogen) atoms. The van der Waals surface area contributed by atoms with Crippen LogP contribution in [-0.4, -0.2) is 97.3 Å². The van der Waals surface area contributed by atoms with E-state index in [1.54, 1.807) is 36.5 Å². The highest BCUT2D eigenvalue weighted by Crippen LogP contribution is 2.43. The van der Waals surface area contributed by atoms with E-state index < -0.39 is 44.7 Å². The first-order valence-corrected chi connectivity index (χ1v) is 24.7. The molecule has 13 heteroatoms. The van der Waals surface area contributed by atoms with Crippen LogP contribution >= 0.6 is 7.82 Å². The number of hydrogen-bond acceptors (Lipinski definition) is 10. The largest absolute Gasteiger partial charge is 0.472 e. The quantitative estimate of drug-likeness (QED) is 0.0145. The van der Waals surface area contributed by atoms with E-state index in [9.17, 15) is 29.3 Å². The number of rotatable bonds is 37. The lowest BCUT2D eigenvalue weighted by Crippen LogP contribution is -2.37. The molecule has 0 amide bonds. The van der Waals surface area contributed by atoms with Crippen molar-refractivity contribution < 1.29 is 56.7 Å². The molecule has 12 nitrogen and oxygen atoms in total. The summed E-state index contributed by atoms with van der Waals surface area (Å²) in [6.07, 6.45) is 34.5. The van der Waals surface area contributed by atoms with Crippen molar-refractivity contribution in [1.29, 1.82) is 0 Å². The highest BCUT2D eigenvalue weighted by Gasteiger charge is 2.27. The summed E-state index contributed by atoms with van der Waals surface area (Å²) in [4.78, 5) is 35.5. The fourth-order valence-electron chi connectivity index (χ4n) is 6.20. The Morgan fingerprint density at radius 1 is 0.698 bits per heavy atom. The van der Waals surface area contributed by atoms with Crippen LogP contribution in [0.1, 0.15) is 139 Å². The first kappa shape index (κ1) is 57.7. The molecule has 358 valence electrons. The zero-order chi connectivity index (χ0) is 46.8. The Bertz CT molecular complexity index is 1620. The lowest BCUT2D eigenvalue weighted by molar-refractivity contribution is -0.870. The molecular formula is C50H83NO11P+. The molecule has 0 bridgehead atoms. The van der Waals surface area contributed by atoms with Crippen LogP contribution in [0.3, 0.4) is 0 Å². The standard InChI is InChI=1S/C50H82NO11P/c1-8-10-23-31-44(52)33-25-21-22-26-34-45(53)32-24-17-15-16-19-28-36-49(54)58-40-46(41-60-63(56,57)59-39-38-51(5,6)7)61-50(55)37-29-20-14-12-11-13-18-27-35-48-43(4)42(3)47(62-48)30-9-2/h10,16-17,19,21-26,33-34,44-46,52-53H,8-9,11-15,18,20,27-32,35-41H2,1-7H3/p+1/b19-16-,22-21-,23-10-,24-17-,33-25+,34-26+/t44-,45+,46-/m1/s1. The molecule has 0 aromatic carbocycles. The van der Waals surface area contributed by atoms with Gasteiger partial charge < -0.3 is 33.5 Å². The van der Waals surface area contributed by atoms with Crippen LogP contribution in [0.5, 0.6) is 0 Å². The van der Waals surface area contributed by atoms with Gasteiger partial charge in [0, 0.05) is 25.7 Å². The normalized spacial score (nSPS) is 15.1. The summed E-state index contributed by atoms with van der Waals surface area (Å²) in [5.41, 5.74) is 2.60. The van der Waals surface area contributed by atoms with Crippen LogP contribution < -0.4 is 0 Å². The Labute approximate surface area is 380 Å². The van der Waals surface area contributed by atoms with Crippen LogP contribution in [-0.2, 0) is 45.5 Å². The van der Waals surface area contributed by atoms with Gasteiger partial charge in [0.15, 0.2) is 6.10 Å². The number of phosphoric ester groups is 1. The molecule has 3 N–H and O–H groups in total. The molecule has 0 spiro atoms. The summed E-state index contributed by atoms with van der Waals surface area (Å²) >= 11 is 0. The monoisotopic (exact) mass is 905 g/mol. The van der Waals surface area contributed by atoms with Crippen LogP contribution in [0.25, 0.3) is 0 Å².